The summed E-state index contributed by atoms with van der Waals surface area (Å²) in [5, 5.41) is 4.97. The minimum absolute atomic E-state index is 0.0644. The zero-order chi connectivity index (χ0) is 13.9. The van der Waals surface area contributed by atoms with Crippen LogP contribution in [0.1, 0.15) is 0 Å². The highest BCUT2D eigenvalue weighted by Crippen LogP contribution is 2.24. The Bertz CT molecular complexity index is 668. The maximum absolute atomic E-state index is 11.1. The van der Waals surface area contributed by atoms with Crippen molar-refractivity contribution in [3.63, 3.8) is 0 Å². The molecule has 0 radical (unpaired) electrons. The second kappa shape index (κ2) is 5.25. The van der Waals surface area contributed by atoms with Gasteiger partial charge in [-0.15, -0.1) is 0 Å². The molecule has 19 heavy (non-hydrogen) atoms. The molecule has 0 fully saturated rings. The lowest BCUT2D eigenvalue weighted by Crippen LogP contribution is -2.12. The van der Waals surface area contributed by atoms with Crippen molar-refractivity contribution < 1.29 is 17.9 Å². The van der Waals surface area contributed by atoms with Crippen molar-refractivity contribution in [3.05, 3.63) is 42.6 Å². The molecule has 0 saturated carbocycles. The van der Waals surface area contributed by atoms with Crippen LogP contribution < -0.4 is 14.6 Å². The minimum Gasteiger partial charge on any atom is -0.497 e. The number of ether oxygens (including phenoxy) is 2. The van der Waals surface area contributed by atoms with Gasteiger partial charge in [-0.2, -0.15) is 0 Å². The number of methoxy groups -OCH3 is 1. The van der Waals surface area contributed by atoms with E-state index >= 15 is 0 Å². The first-order chi connectivity index (χ1) is 8.99. The van der Waals surface area contributed by atoms with E-state index in [9.17, 15) is 8.42 Å². The van der Waals surface area contributed by atoms with Crippen LogP contribution in [0.15, 0.2) is 47.5 Å². The number of hydrogen-bond acceptors (Lipinski definition) is 5. The highest BCUT2D eigenvalue weighted by molar-refractivity contribution is 7.89. The second-order valence-corrected chi connectivity index (χ2v) is 5.22. The summed E-state index contributed by atoms with van der Waals surface area (Å²) < 4.78 is 32.7. The number of nitrogens with zero attached hydrogens (tertiary/aromatic N) is 1. The molecule has 6 nitrogen and oxygen atoms in total. The van der Waals surface area contributed by atoms with Crippen LogP contribution in [0.4, 0.5) is 0 Å². The van der Waals surface area contributed by atoms with Crippen molar-refractivity contribution in [3.8, 4) is 17.4 Å². The highest BCUT2D eigenvalue weighted by atomic mass is 32.2. The molecule has 0 spiro atoms. The average Bonchev–Trinajstić information content (AvgIpc) is 2.38. The zero-order valence-electron chi connectivity index (χ0n) is 10.1. The molecule has 0 atom stereocenters. The van der Waals surface area contributed by atoms with Gasteiger partial charge >= 0.3 is 0 Å². The normalized spacial score (nSPS) is 11.1. The van der Waals surface area contributed by atoms with Crippen molar-refractivity contribution in [2.75, 3.05) is 7.11 Å². The van der Waals surface area contributed by atoms with Crippen LogP contribution in [-0.2, 0) is 10.0 Å². The molecule has 1 heterocycles. The number of pyridine rings is 1. The third-order valence-electron chi connectivity index (χ3n) is 2.30. The quantitative estimate of drug-likeness (QED) is 0.917. The van der Waals surface area contributed by atoms with Gasteiger partial charge in [0, 0.05) is 12.1 Å². The first kappa shape index (κ1) is 13.3. The molecular formula is C12H12N2O4S. The minimum atomic E-state index is -3.74. The number of rotatable bonds is 4. The Morgan fingerprint density at radius 1 is 1.16 bits per heavy atom. The predicted molar refractivity (Wildman–Crippen MR) is 68.7 cm³/mol. The van der Waals surface area contributed by atoms with E-state index in [0.29, 0.717) is 11.5 Å². The Kier molecular flexibility index (Phi) is 3.68. The molecule has 2 rings (SSSR count). The molecule has 7 heteroatoms. The van der Waals surface area contributed by atoms with Gasteiger partial charge < -0.3 is 9.47 Å². The lowest BCUT2D eigenvalue weighted by atomic mass is 10.3. The molecule has 2 N–H and O–H groups in total. The van der Waals surface area contributed by atoms with Crippen LogP contribution >= 0.6 is 0 Å². The van der Waals surface area contributed by atoms with E-state index in [2.05, 4.69) is 4.98 Å². The van der Waals surface area contributed by atoms with Crippen LogP contribution in [-0.4, -0.2) is 20.5 Å². The molecule has 1 aromatic heterocycles. The van der Waals surface area contributed by atoms with Gasteiger partial charge in [0.25, 0.3) is 0 Å². The monoisotopic (exact) mass is 280 g/mol. The lowest BCUT2D eigenvalue weighted by Gasteiger charge is -2.06. The van der Waals surface area contributed by atoms with E-state index in [0.717, 1.165) is 6.20 Å². The van der Waals surface area contributed by atoms with Gasteiger partial charge in [-0.25, -0.2) is 18.5 Å². The van der Waals surface area contributed by atoms with Crippen molar-refractivity contribution in [1.29, 1.82) is 0 Å². The fraction of sp³-hybridized carbons (Fsp3) is 0.0833. The van der Waals surface area contributed by atoms with Crippen LogP contribution in [0.2, 0.25) is 0 Å². The Morgan fingerprint density at radius 3 is 2.47 bits per heavy atom. The van der Waals surface area contributed by atoms with Gasteiger partial charge in [0.1, 0.15) is 16.4 Å². The standard InChI is InChI=1S/C12H12N2O4S/c1-17-9-3-2-4-10(7-9)18-12-6-5-11(8-14-12)19(13,15)16/h2-8H,1H3,(H2,13,15,16). The van der Waals surface area contributed by atoms with Crippen LogP contribution in [0.5, 0.6) is 17.4 Å². The summed E-state index contributed by atoms with van der Waals surface area (Å²) in [6, 6.07) is 9.74. The van der Waals surface area contributed by atoms with E-state index in [1.807, 2.05) is 0 Å². The topological polar surface area (TPSA) is 91.5 Å². The van der Waals surface area contributed by atoms with Gasteiger partial charge in [-0.3, -0.25) is 0 Å². The largest absolute Gasteiger partial charge is 0.497 e. The third kappa shape index (κ3) is 3.43. The number of hydrogen-bond donors (Lipinski definition) is 1. The molecule has 2 aromatic rings. The Morgan fingerprint density at radius 2 is 1.89 bits per heavy atom. The molecule has 1 aromatic carbocycles. The molecule has 0 aliphatic carbocycles. The summed E-state index contributed by atoms with van der Waals surface area (Å²) in [4.78, 5) is 3.81. The van der Waals surface area contributed by atoms with Crippen molar-refractivity contribution in [1.82, 2.24) is 4.98 Å². The maximum atomic E-state index is 11.1. The molecule has 0 amide bonds. The van der Waals surface area contributed by atoms with Gasteiger partial charge in [0.15, 0.2) is 0 Å². The second-order valence-electron chi connectivity index (χ2n) is 3.66. The number of benzene rings is 1. The molecule has 100 valence electrons. The average molecular weight is 280 g/mol. The Hall–Kier alpha value is -2.12. The van der Waals surface area contributed by atoms with Gasteiger partial charge in [0.05, 0.1) is 13.3 Å². The fourth-order valence-electron chi connectivity index (χ4n) is 1.38. The molecule has 0 bridgehead atoms. The number of sulfonamides is 1. The van der Waals surface area contributed by atoms with Gasteiger partial charge in [-0.05, 0) is 18.2 Å². The van der Waals surface area contributed by atoms with Crippen molar-refractivity contribution in [2.24, 2.45) is 5.14 Å². The summed E-state index contributed by atoms with van der Waals surface area (Å²) >= 11 is 0. The summed E-state index contributed by atoms with van der Waals surface area (Å²) in [7, 11) is -2.19. The van der Waals surface area contributed by atoms with E-state index in [1.54, 1.807) is 31.4 Å². The van der Waals surface area contributed by atoms with Crippen molar-refractivity contribution >= 4 is 10.0 Å². The van der Waals surface area contributed by atoms with Crippen LogP contribution in [0, 0.1) is 0 Å². The lowest BCUT2D eigenvalue weighted by molar-refractivity contribution is 0.407. The Balaban J connectivity index is 2.19. The molecule has 0 unspecified atom stereocenters. The predicted octanol–water partition coefficient (Wildman–Crippen LogP) is 1.53. The molecular weight excluding hydrogens is 268 g/mol. The van der Waals surface area contributed by atoms with E-state index in [-0.39, 0.29) is 10.8 Å². The smallest absolute Gasteiger partial charge is 0.239 e. The summed E-state index contributed by atoms with van der Waals surface area (Å²) in [5.41, 5.74) is 0. The molecule has 0 aliphatic heterocycles. The van der Waals surface area contributed by atoms with Gasteiger partial charge in [-0.1, -0.05) is 6.07 Å². The zero-order valence-corrected chi connectivity index (χ0v) is 10.9. The SMILES string of the molecule is COc1cccc(Oc2ccc(S(N)(=O)=O)cn2)c1. The van der Waals surface area contributed by atoms with Crippen LogP contribution in [0.3, 0.4) is 0 Å². The van der Waals surface area contributed by atoms with E-state index in [4.69, 9.17) is 14.6 Å². The van der Waals surface area contributed by atoms with Crippen LogP contribution in [0.25, 0.3) is 0 Å². The summed E-state index contributed by atoms with van der Waals surface area (Å²) in [6.07, 6.45) is 1.14. The summed E-state index contributed by atoms with van der Waals surface area (Å²) in [6.45, 7) is 0. The summed E-state index contributed by atoms with van der Waals surface area (Å²) in [5.74, 6) is 1.45. The fourth-order valence-corrected chi connectivity index (χ4v) is 1.84. The third-order valence-corrected chi connectivity index (χ3v) is 3.20. The van der Waals surface area contributed by atoms with Crippen molar-refractivity contribution in [2.45, 2.75) is 4.90 Å². The highest BCUT2D eigenvalue weighted by Gasteiger charge is 2.08. The number of aromatic nitrogens is 1. The first-order valence-electron chi connectivity index (χ1n) is 5.30. The maximum Gasteiger partial charge on any atom is 0.239 e. The molecule has 0 aliphatic rings. The Labute approximate surface area is 110 Å². The van der Waals surface area contributed by atoms with E-state index in [1.165, 1.54) is 12.1 Å². The number of nitrogens with two attached hydrogens (primary N) is 1. The first-order valence-corrected chi connectivity index (χ1v) is 6.84. The van der Waals surface area contributed by atoms with E-state index < -0.39 is 10.0 Å². The number of primary sulfonamides is 1. The van der Waals surface area contributed by atoms with Gasteiger partial charge in [0.2, 0.25) is 15.9 Å². The molecule has 0 saturated heterocycles.